The molecule has 13 heavy (non-hydrogen) atoms. The summed E-state index contributed by atoms with van der Waals surface area (Å²) < 4.78 is 0. The number of unbranched alkanes of at least 4 members (excludes halogenated alkanes) is 2. The summed E-state index contributed by atoms with van der Waals surface area (Å²) >= 11 is 0. The van der Waals surface area contributed by atoms with Crippen molar-refractivity contribution in [1.29, 1.82) is 5.41 Å². The molecule has 0 bridgehead atoms. The molecule has 1 N–H and O–H groups in total. The molecule has 1 heteroatoms. The van der Waals surface area contributed by atoms with Gasteiger partial charge in [0.25, 0.3) is 0 Å². The molecule has 1 aliphatic rings. The van der Waals surface area contributed by atoms with Crippen molar-refractivity contribution in [3.8, 4) is 0 Å². The number of hydrogen-bond donors (Lipinski definition) is 1. The van der Waals surface area contributed by atoms with Crippen LogP contribution in [0, 0.1) is 16.7 Å². The minimum Gasteiger partial charge on any atom is -0.313 e. The number of hydrogen-bond acceptors (Lipinski definition) is 1. The van der Waals surface area contributed by atoms with Crippen LogP contribution in [-0.2, 0) is 0 Å². The standard InChI is InChI=1S/C12H23N/c1-3-5-6-8-12(7-4-2)9-11(12)10-13/h10-11,13H,3-9H2,1-2H3. The average Bonchev–Trinajstić information content (AvgIpc) is 2.80. The second-order valence-electron chi connectivity index (χ2n) is 4.55. The summed E-state index contributed by atoms with van der Waals surface area (Å²) in [5, 5.41) is 7.31. The highest BCUT2D eigenvalue weighted by Gasteiger charge is 2.50. The van der Waals surface area contributed by atoms with Crippen LogP contribution in [0.4, 0.5) is 0 Å². The Morgan fingerprint density at radius 2 is 2.00 bits per heavy atom. The number of nitrogens with one attached hydrogen (secondary N) is 1. The summed E-state index contributed by atoms with van der Waals surface area (Å²) in [6.07, 6.45) is 11.0. The van der Waals surface area contributed by atoms with Gasteiger partial charge in [0.1, 0.15) is 0 Å². The zero-order valence-electron chi connectivity index (χ0n) is 9.10. The highest BCUT2D eigenvalue weighted by atomic mass is 14.6. The molecule has 0 radical (unpaired) electrons. The van der Waals surface area contributed by atoms with E-state index in [1.807, 2.05) is 0 Å². The molecule has 1 nitrogen and oxygen atoms in total. The van der Waals surface area contributed by atoms with Crippen molar-refractivity contribution in [3.05, 3.63) is 0 Å². The molecule has 2 atom stereocenters. The fourth-order valence-electron chi connectivity index (χ4n) is 2.54. The Balaban J connectivity index is 2.28. The van der Waals surface area contributed by atoms with Crippen molar-refractivity contribution in [2.45, 2.75) is 58.8 Å². The summed E-state index contributed by atoms with van der Waals surface area (Å²) in [6.45, 7) is 4.52. The molecule has 2 unspecified atom stereocenters. The Bertz CT molecular complexity index is 165. The summed E-state index contributed by atoms with van der Waals surface area (Å²) in [7, 11) is 0. The van der Waals surface area contributed by atoms with Gasteiger partial charge in [-0.3, -0.25) is 0 Å². The van der Waals surface area contributed by atoms with Crippen LogP contribution in [0.3, 0.4) is 0 Å². The highest BCUT2D eigenvalue weighted by molar-refractivity contribution is 5.62. The molecule has 1 aliphatic carbocycles. The Morgan fingerprint density at radius 3 is 2.46 bits per heavy atom. The van der Waals surface area contributed by atoms with E-state index in [0.717, 1.165) is 0 Å². The Hall–Kier alpha value is -0.330. The minimum atomic E-state index is 0.575. The van der Waals surface area contributed by atoms with Crippen molar-refractivity contribution in [3.63, 3.8) is 0 Å². The SMILES string of the molecule is CCCCCC1(CCC)CC1C=N. The first-order chi connectivity index (χ1) is 6.29. The molecule has 0 heterocycles. The molecule has 0 aliphatic heterocycles. The molecule has 0 aromatic heterocycles. The van der Waals surface area contributed by atoms with E-state index in [1.54, 1.807) is 6.21 Å². The van der Waals surface area contributed by atoms with Crippen molar-refractivity contribution >= 4 is 6.21 Å². The molecule has 1 fully saturated rings. The molecule has 1 saturated carbocycles. The topological polar surface area (TPSA) is 23.9 Å². The molecule has 0 aromatic carbocycles. The van der Waals surface area contributed by atoms with Gasteiger partial charge in [-0.1, -0.05) is 39.5 Å². The quantitative estimate of drug-likeness (QED) is 0.453. The minimum absolute atomic E-state index is 0.575. The van der Waals surface area contributed by atoms with Crippen molar-refractivity contribution in [2.75, 3.05) is 0 Å². The van der Waals surface area contributed by atoms with Gasteiger partial charge in [0.2, 0.25) is 0 Å². The van der Waals surface area contributed by atoms with E-state index in [0.29, 0.717) is 11.3 Å². The Labute approximate surface area is 82.4 Å². The molecule has 0 saturated heterocycles. The monoisotopic (exact) mass is 181 g/mol. The van der Waals surface area contributed by atoms with Crippen LogP contribution in [0.2, 0.25) is 0 Å². The maximum atomic E-state index is 7.31. The second-order valence-corrected chi connectivity index (χ2v) is 4.55. The number of rotatable bonds is 7. The predicted octanol–water partition coefficient (Wildman–Crippen LogP) is 4.02. The van der Waals surface area contributed by atoms with Gasteiger partial charge in [-0.05, 0) is 36.8 Å². The fourth-order valence-corrected chi connectivity index (χ4v) is 2.54. The zero-order chi connectivity index (χ0) is 9.73. The lowest BCUT2D eigenvalue weighted by Crippen LogP contribution is -2.04. The lowest BCUT2D eigenvalue weighted by molar-refractivity contribution is 0.389. The van der Waals surface area contributed by atoms with E-state index in [1.165, 1.54) is 44.9 Å². The van der Waals surface area contributed by atoms with Crippen LogP contribution in [-0.4, -0.2) is 6.21 Å². The largest absolute Gasteiger partial charge is 0.313 e. The van der Waals surface area contributed by atoms with E-state index in [9.17, 15) is 0 Å². The van der Waals surface area contributed by atoms with Crippen molar-refractivity contribution < 1.29 is 0 Å². The zero-order valence-corrected chi connectivity index (χ0v) is 9.10. The smallest absolute Gasteiger partial charge is 0.000266 e. The lowest BCUT2D eigenvalue weighted by Gasteiger charge is -2.14. The third-order valence-corrected chi connectivity index (χ3v) is 3.48. The van der Waals surface area contributed by atoms with E-state index in [2.05, 4.69) is 13.8 Å². The third kappa shape index (κ3) is 2.55. The molecular formula is C12H23N. The van der Waals surface area contributed by atoms with Crippen molar-refractivity contribution in [1.82, 2.24) is 0 Å². The highest BCUT2D eigenvalue weighted by Crippen LogP contribution is 2.58. The van der Waals surface area contributed by atoms with Gasteiger partial charge in [0, 0.05) is 0 Å². The van der Waals surface area contributed by atoms with Crippen molar-refractivity contribution in [2.24, 2.45) is 11.3 Å². The predicted molar refractivity (Wildman–Crippen MR) is 58.4 cm³/mol. The second kappa shape index (κ2) is 4.78. The van der Waals surface area contributed by atoms with Gasteiger partial charge in [-0.15, -0.1) is 0 Å². The Kier molecular flexibility index (Phi) is 3.95. The van der Waals surface area contributed by atoms with Crippen LogP contribution in [0.25, 0.3) is 0 Å². The summed E-state index contributed by atoms with van der Waals surface area (Å²) in [6, 6.07) is 0. The molecular weight excluding hydrogens is 158 g/mol. The van der Waals surface area contributed by atoms with Gasteiger partial charge in [0.05, 0.1) is 0 Å². The maximum absolute atomic E-state index is 7.31. The van der Waals surface area contributed by atoms with Crippen LogP contribution in [0.1, 0.15) is 58.8 Å². The van der Waals surface area contributed by atoms with Gasteiger partial charge in [-0.25, -0.2) is 0 Å². The maximum Gasteiger partial charge on any atom is -0.000266 e. The average molecular weight is 181 g/mol. The summed E-state index contributed by atoms with van der Waals surface area (Å²) in [5.41, 5.74) is 0.575. The molecule has 0 amide bonds. The van der Waals surface area contributed by atoms with Gasteiger partial charge in [0.15, 0.2) is 0 Å². The van der Waals surface area contributed by atoms with Crippen LogP contribution in [0.15, 0.2) is 0 Å². The van der Waals surface area contributed by atoms with E-state index in [-0.39, 0.29) is 0 Å². The third-order valence-electron chi connectivity index (χ3n) is 3.48. The van der Waals surface area contributed by atoms with E-state index >= 15 is 0 Å². The van der Waals surface area contributed by atoms with Crippen LogP contribution >= 0.6 is 0 Å². The molecule has 76 valence electrons. The Morgan fingerprint density at radius 1 is 1.23 bits per heavy atom. The fraction of sp³-hybridized carbons (Fsp3) is 0.917. The van der Waals surface area contributed by atoms with Crippen LogP contribution < -0.4 is 0 Å². The lowest BCUT2D eigenvalue weighted by atomic mass is 9.91. The molecule has 0 spiro atoms. The van der Waals surface area contributed by atoms with Gasteiger partial charge < -0.3 is 5.41 Å². The van der Waals surface area contributed by atoms with E-state index in [4.69, 9.17) is 5.41 Å². The first-order valence-electron chi connectivity index (χ1n) is 5.79. The summed E-state index contributed by atoms with van der Waals surface area (Å²) in [4.78, 5) is 0. The first kappa shape index (κ1) is 10.7. The van der Waals surface area contributed by atoms with Gasteiger partial charge in [-0.2, -0.15) is 0 Å². The first-order valence-corrected chi connectivity index (χ1v) is 5.79. The molecule has 0 aromatic rings. The summed E-state index contributed by atoms with van der Waals surface area (Å²) in [5.74, 6) is 0.629. The molecule has 1 rings (SSSR count). The van der Waals surface area contributed by atoms with Crippen LogP contribution in [0.5, 0.6) is 0 Å². The normalized spacial score (nSPS) is 31.7. The van der Waals surface area contributed by atoms with E-state index < -0.39 is 0 Å². The van der Waals surface area contributed by atoms with Gasteiger partial charge >= 0.3 is 0 Å².